The molecule has 2 atom stereocenters. The monoisotopic (exact) mass is 161 g/mol. The predicted octanol–water partition coefficient (Wildman–Crippen LogP) is 2.22. The smallest absolute Gasteiger partial charge is 0.316 e. The van der Waals surface area contributed by atoms with Crippen LogP contribution in [0.25, 0.3) is 0 Å². The van der Waals surface area contributed by atoms with E-state index in [1.807, 2.05) is 13.8 Å². The van der Waals surface area contributed by atoms with Crippen LogP contribution in [0.2, 0.25) is 0 Å². The molecule has 3 heteroatoms. The van der Waals surface area contributed by atoms with Crippen LogP contribution in [-0.4, -0.2) is 22.3 Å². The van der Waals surface area contributed by atoms with Crippen molar-refractivity contribution in [1.29, 1.82) is 0 Å². The van der Waals surface area contributed by atoms with Crippen molar-refractivity contribution in [2.75, 3.05) is 0 Å². The molecule has 10 heavy (non-hydrogen) atoms. The van der Waals surface area contributed by atoms with Gasteiger partial charge < -0.3 is 4.90 Å². The van der Waals surface area contributed by atoms with Gasteiger partial charge in [-0.25, -0.2) is 0 Å². The van der Waals surface area contributed by atoms with Crippen LogP contribution in [0, 0.1) is 0 Å². The van der Waals surface area contributed by atoms with Gasteiger partial charge in [0.25, 0.3) is 0 Å². The number of nitrogens with zero attached hydrogens (tertiary/aromatic N) is 1. The minimum Gasteiger partial charge on any atom is -0.324 e. The Hall–Kier alpha value is -0.240. The Labute approximate surface area is 66.1 Å². The standard InChI is InChI=1S/C7H12ClNO/c1-5-3-4-6(2)9(5)7(8)10/h5-6H,3-4H2,1-2H3/t5-,6+. The van der Waals surface area contributed by atoms with Crippen molar-refractivity contribution < 1.29 is 4.79 Å². The molecular weight excluding hydrogens is 150 g/mol. The first-order valence-electron chi connectivity index (χ1n) is 3.60. The third-order valence-corrected chi connectivity index (χ3v) is 2.35. The van der Waals surface area contributed by atoms with Gasteiger partial charge in [-0.2, -0.15) is 0 Å². The second kappa shape index (κ2) is 2.79. The van der Waals surface area contributed by atoms with Crippen LogP contribution in [0.15, 0.2) is 0 Å². The first kappa shape index (κ1) is 7.86. The normalized spacial score (nSPS) is 32.9. The fourth-order valence-electron chi connectivity index (χ4n) is 1.54. The van der Waals surface area contributed by atoms with Gasteiger partial charge in [-0.3, -0.25) is 4.79 Å². The maximum atomic E-state index is 10.8. The Balaban J connectivity index is 2.63. The number of rotatable bonds is 0. The molecule has 1 aliphatic rings. The van der Waals surface area contributed by atoms with Gasteiger partial charge in [0, 0.05) is 12.1 Å². The molecule has 1 amide bonds. The third kappa shape index (κ3) is 1.26. The molecule has 0 N–H and O–H groups in total. The van der Waals surface area contributed by atoms with Crippen LogP contribution >= 0.6 is 11.6 Å². The number of carbonyl (C=O) groups excluding carboxylic acids is 1. The van der Waals surface area contributed by atoms with E-state index in [9.17, 15) is 4.79 Å². The molecular formula is C7H12ClNO. The molecule has 0 radical (unpaired) electrons. The first-order chi connectivity index (χ1) is 4.63. The van der Waals surface area contributed by atoms with Crippen LogP contribution in [0.1, 0.15) is 26.7 Å². The predicted molar refractivity (Wildman–Crippen MR) is 41.2 cm³/mol. The summed E-state index contributed by atoms with van der Waals surface area (Å²) in [5, 5.41) is -0.308. The summed E-state index contributed by atoms with van der Waals surface area (Å²) in [6.45, 7) is 4.06. The van der Waals surface area contributed by atoms with Crippen LogP contribution in [0.5, 0.6) is 0 Å². The highest BCUT2D eigenvalue weighted by molar-refractivity contribution is 6.62. The molecule has 0 aromatic carbocycles. The maximum absolute atomic E-state index is 10.8. The maximum Gasteiger partial charge on any atom is 0.316 e. The zero-order valence-electron chi connectivity index (χ0n) is 6.30. The summed E-state index contributed by atoms with van der Waals surface area (Å²) in [5.74, 6) is 0. The molecule has 2 nitrogen and oxygen atoms in total. The van der Waals surface area contributed by atoms with E-state index in [0.29, 0.717) is 12.1 Å². The van der Waals surface area contributed by atoms with Gasteiger partial charge in [0.1, 0.15) is 0 Å². The molecule has 0 aromatic heterocycles. The number of halogens is 1. The Kier molecular flexibility index (Phi) is 2.19. The number of hydrogen-bond donors (Lipinski definition) is 0. The average molecular weight is 162 g/mol. The number of likely N-dealkylation sites (tertiary alicyclic amines) is 1. The van der Waals surface area contributed by atoms with Crippen LogP contribution in [0.3, 0.4) is 0 Å². The van der Waals surface area contributed by atoms with E-state index in [0.717, 1.165) is 12.8 Å². The molecule has 1 aliphatic heterocycles. The van der Waals surface area contributed by atoms with Gasteiger partial charge in [0.2, 0.25) is 0 Å². The molecule has 0 aliphatic carbocycles. The highest BCUT2D eigenvalue weighted by atomic mass is 35.5. The van der Waals surface area contributed by atoms with Crippen LogP contribution < -0.4 is 0 Å². The van der Waals surface area contributed by atoms with Crippen molar-refractivity contribution >= 4 is 17.0 Å². The Bertz CT molecular complexity index is 139. The summed E-state index contributed by atoms with van der Waals surface area (Å²) in [5.41, 5.74) is 0. The summed E-state index contributed by atoms with van der Waals surface area (Å²) >= 11 is 5.36. The van der Waals surface area contributed by atoms with E-state index in [1.54, 1.807) is 4.90 Å². The second-order valence-electron chi connectivity index (χ2n) is 2.94. The van der Waals surface area contributed by atoms with Crippen LogP contribution in [0.4, 0.5) is 4.79 Å². The molecule has 0 spiro atoms. The van der Waals surface area contributed by atoms with Crippen molar-refractivity contribution in [2.45, 2.75) is 38.8 Å². The lowest BCUT2D eigenvalue weighted by Gasteiger charge is -2.22. The summed E-state index contributed by atoms with van der Waals surface area (Å²) in [6.07, 6.45) is 2.17. The van der Waals surface area contributed by atoms with Crippen molar-refractivity contribution in [3.8, 4) is 0 Å². The highest BCUT2D eigenvalue weighted by Gasteiger charge is 2.29. The minimum absolute atomic E-state index is 0.308. The van der Waals surface area contributed by atoms with Crippen molar-refractivity contribution in [2.24, 2.45) is 0 Å². The highest BCUT2D eigenvalue weighted by Crippen LogP contribution is 2.24. The van der Waals surface area contributed by atoms with Crippen molar-refractivity contribution in [3.05, 3.63) is 0 Å². The summed E-state index contributed by atoms with van der Waals surface area (Å²) in [7, 11) is 0. The molecule has 1 saturated heterocycles. The zero-order chi connectivity index (χ0) is 7.72. The molecule has 1 fully saturated rings. The number of carbonyl (C=O) groups is 1. The summed E-state index contributed by atoms with van der Waals surface area (Å²) < 4.78 is 0. The minimum atomic E-state index is -0.308. The lowest BCUT2D eigenvalue weighted by Crippen LogP contribution is -2.34. The van der Waals surface area contributed by atoms with Crippen molar-refractivity contribution in [3.63, 3.8) is 0 Å². The molecule has 58 valence electrons. The molecule has 1 heterocycles. The average Bonchev–Trinajstić information content (AvgIpc) is 2.11. The lowest BCUT2D eigenvalue weighted by molar-refractivity contribution is 0.204. The molecule has 0 bridgehead atoms. The molecule has 0 aromatic rings. The third-order valence-electron chi connectivity index (χ3n) is 2.15. The van der Waals surface area contributed by atoms with E-state index in [1.165, 1.54) is 0 Å². The zero-order valence-corrected chi connectivity index (χ0v) is 7.06. The molecule has 0 unspecified atom stereocenters. The molecule has 0 saturated carbocycles. The number of hydrogen-bond acceptors (Lipinski definition) is 1. The van der Waals surface area contributed by atoms with E-state index >= 15 is 0 Å². The Morgan fingerprint density at radius 1 is 1.40 bits per heavy atom. The lowest BCUT2D eigenvalue weighted by atomic mass is 10.2. The number of amides is 1. The van der Waals surface area contributed by atoms with E-state index in [-0.39, 0.29) is 5.37 Å². The quantitative estimate of drug-likeness (QED) is 0.394. The topological polar surface area (TPSA) is 20.3 Å². The van der Waals surface area contributed by atoms with Gasteiger partial charge in [0.05, 0.1) is 0 Å². The summed E-state index contributed by atoms with van der Waals surface area (Å²) in [4.78, 5) is 12.5. The SMILES string of the molecule is C[C@@H]1CC[C@H](C)N1C(=O)Cl. The fourth-order valence-corrected chi connectivity index (χ4v) is 1.87. The van der Waals surface area contributed by atoms with E-state index < -0.39 is 0 Å². The van der Waals surface area contributed by atoms with Gasteiger partial charge in [-0.15, -0.1) is 0 Å². The van der Waals surface area contributed by atoms with E-state index in [4.69, 9.17) is 11.6 Å². The molecule has 1 rings (SSSR count). The second-order valence-corrected chi connectivity index (χ2v) is 3.26. The Morgan fingerprint density at radius 2 is 1.80 bits per heavy atom. The largest absolute Gasteiger partial charge is 0.324 e. The summed E-state index contributed by atoms with van der Waals surface area (Å²) in [6, 6.07) is 0.667. The van der Waals surface area contributed by atoms with E-state index in [2.05, 4.69) is 0 Å². The van der Waals surface area contributed by atoms with Crippen LogP contribution in [-0.2, 0) is 0 Å². The van der Waals surface area contributed by atoms with Gasteiger partial charge >= 0.3 is 5.37 Å². The Morgan fingerprint density at radius 3 is 2.00 bits per heavy atom. The first-order valence-corrected chi connectivity index (χ1v) is 3.98. The van der Waals surface area contributed by atoms with Gasteiger partial charge in [-0.05, 0) is 38.3 Å². The fraction of sp³-hybridized carbons (Fsp3) is 0.857. The van der Waals surface area contributed by atoms with Gasteiger partial charge in [0.15, 0.2) is 0 Å². The van der Waals surface area contributed by atoms with Gasteiger partial charge in [-0.1, -0.05) is 0 Å². The van der Waals surface area contributed by atoms with Crippen molar-refractivity contribution in [1.82, 2.24) is 4.90 Å².